The third kappa shape index (κ3) is 3.94. The van der Waals surface area contributed by atoms with Gasteiger partial charge >= 0.3 is 0 Å². The Hall–Kier alpha value is -2.63. The summed E-state index contributed by atoms with van der Waals surface area (Å²) in [4.78, 5) is 26.1. The largest absolute Gasteiger partial charge is 0.368 e. The summed E-state index contributed by atoms with van der Waals surface area (Å²) in [5.74, 6) is 0.0152. The average Bonchev–Trinajstić information content (AvgIpc) is 2.55. The number of non-ortho nitro benzene ring substituents is 1. The van der Waals surface area contributed by atoms with E-state index in [1.807, 2.05) is 24.0 Å². The van der Waals surface area contributed by atoms with E-state index in [1.54, 1.807) is 24.3 Å². The summed E-state index contributed by atoms with van der Waals surface area (Å²) in [7, 11) is 0. The number of hydrogen-bond acceptors (Lipinski definition) is 4. The molecule has 0 atom stereocenters. The van der Waals surface area contributed by atoms with E-state index in [4.69, 9.17) is 0 Å². The zero-order chi connectivity index (χ0) is 15.9. The van der Waals surface area contributed by atoms with Crippen LogP contribution in [0, 0.1) is 10.1 Å². The minimum Gasteiger partial charge on any atom is -0.368 e. The van der Waals surface area contributed by atoms with Crippen molar-refractivity contribution in [2.45, 2.75) is 6.92 Å². The molecule has 1 fully saturated rings. The summed E-state index contributed by atoms with van der Waals surface area (Å²) in [6.45, 7) is 4.64. The fourth-order valence-corrected chi connectivity index (χ4v) is 2.32. The summed E-state index contributed by atoms with van der Waals surface area (Å²) in [5, 5.41) is 10.7. The zero-order valence-electron chi connectivity index (χ0n) is 12.5. The van der Waals surface area contributed by atoms with Gasteiger partial charge in [-0.05, 0) is 19.1 Å². The smallest absolute Gasteiger partial charge is 0.269 e. The van der Waals surface area contributed by atoms with Gasteiger partial charge in [-0.2, -0.15) is 0 Å². The van der Waals surface area contributed by atoms with Crippen LogP contribution in [-0.2, 0) is 4.79 Å². The zero-order valence-corrected chi connectivity index (χ0v) is 12.5. The van der Waals surface area contributed by atoms with Crippen molar-refractivity contribution >= 4 is 17.3 Å². The van der Waals surface area contributed by atoms with Gasteiger partial charge in [-0.15, -0.1) is 0 Å². The quantitative estimate of drug-likeness (QED) is 0.370. The number of rotatable bonds is 4. The van der Waals surface area contributed by atoms with Gasteiger partial charge in [-0.3, -0.25) is 14.9 Å². The highest BCUT2D eigenvalue weighted by Gasteiger charge is 2.20. The van der Waals surface area contributed by atoms with E-state index in [0.717, 1.165) is 18.8 Å². The monoisotopic (exact) mass is 301 g/mol. The van der Waals surface area contributed by atoms with E-state index < -0.39 is 4.92 Å². The van der Waals surface area contributed by atoms with Gasteiger partial charge in [0.05, 0.1) is 4.92 Å². The Labute approximate surface area is 129 Å². The number of allylic oxidation sites excluding steroid dienone is 3. The number of benzene rings is 1. The number of nitrogens with zero attached hydrogens (tertiary/aromatic N) is 3. The SMILES string of the molecule is C/C=C/C=C/C(=O)N1CCN(c2ccc([N+](=O)[O-])cc2)CC1. The molecule has 0 unspecified atom stereocenters. The van der Waals surface area contributed by atoms with E-state index in [0.29, 0.717) is 13.1 Å². The van der Waals surface area contributed by atoms with Gasteiger partial charge in [0, 0.05) is 50.1 Å². The number of amides is 1. The van der Waals surface area contributed by atoms with Crippen molar-refractivity contribution in [2.24, 2.45) is 0 Å². The van der Waals surface area contributed by atoms with E-state index in [-0.39, 0.29) is 11.6 Å². The lowest BCUT2D eigenvalue weighted by molar-refractivity contribution is -0.384. The molecule has 1 amide bonds. The Bertz CT molecular complexity index is 585. The number of nitro benzene ring substituents is 1. The van der Waals surface area contributed by atoms with Crippen LogP contribution in [0.2, 0.25) is 0 Å². The van der Waals surface area contributed by atoms with Crippen molar-refractivity contribution in [1.29, 1.82) is 0 Å². The first kappa shape index (κ1) is 15.8. The molecule has 6 heteroatoms. The van der Waals surface area contributed by atoms with Crippen LogP contribution in [0.15, 0.2) is 48.6 Å². The van der Waals surface area contributed by atoms with Crippen LogP contribution in [0.3, 0.4) is 0 Å². The third-order valence-electron chi connectivity index (χ3n) is 3.56. The summed E-state index contributed by atoms with van der Waals surface area (Å²) >= 11 is 0. The van der Waals surface area contributed by atoms with Gasteiger partial charge in [0.15, 0.2) is 0 Å². The summed E-state index contributed by atoms with van der Waals surface area (Å²) < 4.78 is 0. The highest BCUT2D eigenvalue weighted by Crippen LogP contribution is 2.20. The summed E-state index contributed by atoms with van der Waals surface area (Å²) in [6, 6.07) is 6.52. The normalized spacial score (nSPS) is 15.7. The minimum absolute atomic E-state index is 0.0152. The Morgan fingerprint density at radius 3 is 2.32 bits per heavy atom. The first-order valence-corrected chi connectivity index (χ1v) is 7.19. The maximum Gasteiger partial charge on any atom is 0.269 e. The van der Waals surface area contributed by atoms with E-state index >= 15 is 0 Å². The first-order valence-electron chi connectivity index (χ1n) is 7.19. The number of carbonyl (C=O) groups is 1. The molecule has 1 aliphatic rings. The molecule has 1 saturated heterocycles. The Kier molecular flexibility index (Phi) is 5.30. The van der Waals surface area contributed by atoms with Crippen LogP contribution in [0.25, 0.3) is 0 Å². The molecule has 22 heavy (non-hydrogen) atoms. The van der Waals surface area contributed by atoms with Crippen LogP contribution < -0.4 is 4.90 Å². The number of hydrogen-bond donors (Lipinski definition) is 0. The van der Waals surface area contributed by atoms with Crippen LogP contribution in [0.4, 0.5) is 11.4 Å². The van der Waals surface area contributed by atoms with Crippen molar-refractivity contribution in [3.05, 3.63) is 58.7 Å². The Morgan fingerprint density at radius 1 is 1.14 bits per heavy atom. The van der Waals surface area contributed by atoms with Gasteiger partial charge in [0.1, 0.15) is 0 Å². The molecular weight excluding hydrogens is 282 g/mol. The Morgan fingerprint density at radius 2 is 1.77 bits per heavy atom. The van der Waals surface area contributed by atoms with Gasteiger partial charge in [0.25, 0.3) is 5.69 Å². The van der Waals surface area contributed by atoms with E-state index in [2.05, 4.69) is 4.90 Å². The molecule has 116 valence electrons. The highest BCUT2D eigenvalue weighted by atomic mass is 16.6. The molecule has 0 bridgehead atoms. The van der Waals surface area contributed by atoms with Crippen molar-refractivity contribution in [3.8, 4) is 0 Å². The van der Waals surface area contributed by atoms with E-state index in [1.165, 1.54) is 12.1 Å². The molecule has 0 spiro atoms. The molecule has 6 nitrogen and oxygen atoms in total. The molecule has 1 aromatic carbocycles. The lowest BCUT2D eigenvalue weighted by Gasteiger charge is -2.35. The summed E-state index contributed by atoms with van der Waals surface area (Å²) in [6.07, 6.45) is 7.01. The van der Waals surface area contributed by atoms with Crippen molar-refractivity contribution in [3.63, 3.8) is 0 Å². The molecule has 1 aliphatic heterocycles. The minimum atomic E-state index is -0.405. The van der Waals surface area contributed by atoms with Crippen molar-refractivity contribution in [1.82, 2.24) is 4.90 Å². The third-order valence-corrected chi connectivity index (χ3v) is 3.56. The van der Waals surface area contributed by atoms with Crippen LogP contribution in [0.5, 0.6) is 0 Å². The Balaban J connectivity index is 1.91. The highest BCUT2D eigenvalue weighted by molar-refractivity contribution is 5.88. The number of anilines is 1. The van der Waals surface area contributed by atoms with Gasteiger partial charge < -0.3 is 9.80 Å². The second-order valence-corrected chi connectivity index (χ2v) is 4.97. The van der Waals surface area contributed by atoms with Crippen LogP contribution in [0.1, 0.15) is 6.92 Å². The molecule has 2 rings (SSSR count). The van der Waals surface area contributed by atoms with Gasteiger partial charge in [0.2, 0.25) is 5.91 Å². The molecule has 0 radical (unpaired) electrons. The fourth-order valence-electron chi connectivity index (χ4n) is 2.32. The number of carbonyl (C=O) groups excluding carboxylic acids is 1. The molecule has 0 aliphatic carbocycles. The topological polar surface area (TPSA) is 66.7 Å². The second kappa shape index (κ2) is 7.40. The summed E-state index contributed by atoms with van der Waals surface area (Å²) in [5.41, 5.74) is 1.04. The van der Waals surface area contributed by atoms with Crippen LogP contribution >= 0.6 is 0 Å². The van der Waals surface area contributed by atoms with E-state index in [9.17, 15) is 14.9 Å². The predicted octanol–water partition coefficient (Wildman–Crippen LogP) is 2.38. The van der Waals surface area contributed by atoms with Gasteiger partial charge in [-0.1, -0.05) is 18.2 Å². The molecule has 1 aromatic rings. The lowest BCUT2D eigenvalue weighted by atomic mass is 10.2. The maximum absolute atomic E-state index is 11.9. The van der Waals surface area contributed by atoms with Crippen molar-refractivity contribution < 1.29 is 9.72 Å². The first-order chi connectivity index (χ1) is 10.6. The lowest BCUT2D eigenvalue weighted by Crippen LogP contribution is -2.48. The maximum atomic E-state index is 11.9. The molecule has 0 N–H and O–H groups in total. The second-order valence-electron chi connectivity index (χ2n) is 4.97. The average molecular weight is 301 g/mol. The fraction of sp³-hybridized carbons (Fsp3) is 0.312. The van der Waals surface area contributed by atoms with Crippen molar-refractivity contribution in [2.75, 3.05) is 31.1 Å². The predicted molar refractivity (Wildman–Crippen MR) is 85.8 cm³/mol. The molecule has 0 saturated carbocycles. The van der Waals surface area contributed by atoms with Crippen LogP contribution in [-0.4, -0.2) is 41.9 Å². The molecular formula is C16H19N3O3. The molecule has 0 aromatic heterocycles. The number of nitro groups is 1. The number of piperazine rings is 1. The molecule has 1 heterocycles. The van der Waals surface area contributed by atoms with Gasteiger partial charge in [-0.25, -0.2) is 0 Å². The standard InChI is InChI=1S/C16H19N3O3/c1-2-3-4-5-16(20)18-12-10-17(11-13-18)14-6-8-15(9-7-14)19(21)22/h2-9H,10-13H2,1H3/b3-2+,5-4+.